The first-order chi connectivity index (χ1) is 9.25. The van der Waals surface area contributed by atoms with E-state index in [0.717, 1.165) is 18.5 Å². The number of carbonyl (C=O) groups excluding carboxylic acids is 2. The van der Waals surface area contributed by atoms with Crippen molar-refractivity contribution in [2.24, 2.45) is 5.92 Å². The minimum Gasteiger partial charge on any atom is -0.376 e. The van der Waals surface area contributed by atoms with Gasteiger partial charge in [0.2, 0.25) is 11.8 Å². The summed E-state index contributed by atoms with van der Waals surface area (Å²) in [4.78, 5) is 22.8. The smallest absolute Gasteiger partial charge is 0.239 e. The lowest BCUT2D eigenvalue weighted by Gasteiger charge is -2.08. The number of amides is 2. The molecule has 0 aliphatic heterocycles. The second kappa shape index (κ2) is 6.78. The minimum absolute atomic E-state index is 0.0791. The topological polar surface area (TPSA) is 70.2 Å². The van der Waals surface area contributed by atoms with Crippen molar-refractivity contribution < 1.29 is 9.59 Å². The predicted octanol–water partition coefficient (Wildman–Crippen LogP) is 0.741. The number of rotatable bonds is 7. The van der Waals surface area contributed by atoms with Gasteiger partial charge in [0.05, 0.1) is 6.54 Å². The maximum absolute atomic E-state index is 11.5. The zero-order valence-electron chi connectivity index (χ0n) is 10.8. The first kappa shape index (κ1) is 13.4. The maximum atomic E-state index is 11.5. The van der Waals surface area contributed by atoms with Gasteiger partial charge in [0.15, 0.2) is 0 Å². The van der Waals surface area contributed by atoms with Crippen LogP contribution in [-0.2, 0) is 9.59 Å². The van der Waals surface area contributed by atoms with Gasteiger partial charge in [-0.05, 0) is 25.0 Å². The highest BCUT2D eigenvalue weighted by Gasteiger charge is 2.28. The Morgan fingerprint density at radius 3 is 2.42 bits per heavy atom. The number of hydrogen-bond donors (Lipinski definition) is 3. The highest BCUT2D eigenvalue weighted by molar-refractivity contribution is 5.81. The van der Waals surface area contributed by atoms with Crippen LogP contribution < -0.4 is 16.0 Å². The summed E-state index contributed by atoms with van der Waals surface area (Å²) >= 11 is 0. The molecule has 0 spiro atoms. The summed E-state index contributed by atoms with van der Waals surface area (Å²) in [5.74, 6) is 0.247. The van der Waals surface area contributed by atoms with E-state index in [4.69, 9.17) is 0 Å². The van der Waals surface area contributed by atoms with Gasteiger partial charge in [0.25, 0.3) is 0 Å². The molecular weight excluding hydrogens is 242 g/mol. The molecule has 1 aromatic rings. The highest BCUT2D eigenvalue weighted by atomic mass is 16.2. The lowest BCUT2D eigenvalue weighted by molar-refractivity contribution is -0.123. The SMILES string of the molecule is O=C(CNc1ccccc1)NCCNC(=O)C1CC1. The number of anilines is 1. The fourth-order valence-corrected chi connectivity index (χ4v) is 1.68. The summed E-state index contributed by atoms with van der Waals surface area (Å²) in [5.41, 5.74) is 0.916. The Morgan fingerprint density at radius 2 is 1.74 bits per heavy atom. The lowest BCUT2D eigenvalue weighted by atomic mass is 10.3. The highest BCUT2D eigenvalue weighted by Crippen LogP contribution is 2.28. The molecule has 2 rings (SSSR count). The summed E-state index contributed by atoms with van der Waals surface area (Å²) in [6, 6.07) is 9.56. The fraction of sp³-hybridized carbons (Fsp3) is 0.429. The third-order valence-electron chi connectivity index (χ3n) is 2.92. The second-order valence-corrected chi connectivity index (χ2v) is 4.63. The number of para-hydroxylation sites is 1. The summed E-state index contributed by atoms with van der Waals surface area (Å²) in [6.07, 6.45) is 2.00. The molecule has 5 heteroatoms. The van der Waals surface area contributed by atoms with Gasteiger partial charge < -0.3 is 16.0 Å². The second-order valence-electron chi connectivity index (χ2n) is 4.63. The summed E-state index contributed by atoms with van der Waals surface area (Å²) < 4.78 is 0. The molecule has 5 nitrogen and oxygen atoms in total. The van der Waals surface area contributed by atoms with Gasteiger partial charge in [0.1, 0.15) is 0 Å². The molecule has 0 radical (unpaired) electrons. The molecule has 0 aromatic heterocycles. The standard InChI is InChI=1S/C14H19N3O2/c18-13(10-17-12-4-2-1-3-5-12)15-8-9-16-14(19)11-6-7-11/h1-5,11,17H,6-10H2,(H,15,18)(H,16,19). The van der Waals surface area contributed by atoms with Gasteiger partial charge in [-0.15, -0.1) is 0 Å². The van der Waals surface area contributed by atoms with E-state index in [9.17, 15) is 9.59 Å². The van der Waals surface area contributed by atoms with Crippen LogP contribution in [0.5, 0.6) is 0 Å². The third-order valence-corrected chi connectivity index (χ3v) is 2.92. The molecule has 19 heavy (non-hydrogen) atoms. The molecule has 0 bridgehead atoms. The molecule has 0 saturated heterocycles. The molecule has 0 atom stereocenters. The van der Waals surface area contributed by atoms with Crippen LogP contribution in [0.25, 0.3) is 0 Å². The largest absolute Gasteiger partial charge is 0.376 e. The van der Waals surface area contributed by atoms with Crippen LogP contribution >= 0.6 is 0 Å². The Bertz CT molecular complexity index is 430. The zero-order chi connectivity index (χ0) is 13.5. The van der Waals surface area contributed by atoms with Gasteiger partial charge in [-0.25, -0.2) is 0 Å². The van der Waals surface area contributed by atoms with E-state index in [1.165, 1.54) is 0 Å². The van der Waals surface area contributed by atoms with E-state index in [2.05, 4.69) is 16.0 Å². The Labute approximate surface area is 112 Å². The molecule has 2 amide bonds. The van der Waals surface area contributed by atoms with Gasteiger partial charge >= 0.3 is 0 Å². The Kier molecular flexibility index (Phi) is 4.78. The van der Waals surface area contributed by atoms with Crippen LogP contribution in [0.2, 0.25) is 0 Å². The maximum Gasteiger partial charge on any atom is 0.239 e. The minimum atomic E-state index is -0.0791. The number of nitrogens with one attached hydrogen (secondary N) is 3. The van der Waals surface area contributed by atoms with Crippen molar-refractivity contribution in [3.8, 4) is 0 Å². The van der Waals surface area contributed by atoms with Crippen LogP contribution in [0.15, 0.2) is 30.3 Å². The molecule has 0 heterocycles. The van der Waals surface area contributed by atoms with Gasteiger partial charge in [-0.1, -0.05) is 18.2 Å². The van der Waals surface area contributed by atoms with Gasteiger partial charge in [-0.2, -0.15) is 0 Å². The van der Waals surface area contributed by atoms with Crippen molar-refractivity contribution in [1.29, 1.82) is 0 Å². The molecule has 1 aliphatic rings. The molecule has 1 saturated carbocycles. The molecule has 1 aromatic carbocycles. The van der Waals surface area contributed by atoms with Crippen LogP contribution in [-0.4, -0.2) is 31.4 Å². The average Bonchev–Trinajstić information content (AvgIpc) is 3.27. The third kappa shape index (κ3) is 4.99. The normalized spacial score (nSPS) is 13.7. The first-order valence-corrected chi connectivity index (χ1v) is 6.59. The van der Waals surface area contributed by atoms with E-state index in [0.29, 0.717) is 13.1 Å². The van der Waals surface area contributed by atoms with E-state index in [1.807, 2.05) is 30.3 Å². The summed E-state index contributed by atoms with van der Waals surface area (Å²) in [6.45, 7) is 1.20. The van der Waals surface area contributed by atoms with Crippen LogP contribution in [0.1, 0.15) is 12.8 Å². The van der Waals surface area contributed by atoms with E-state index >= 15 is 0 Å². The zero-order valence-corrected chi connectivity index (χ0v) is 10.8. The van der Waals surface area contributed by atoms with Crippen molar-refractivity contribution in [3.63, 3.8) is 0 Å². The predicted molar refractivity (Wildman–Crippen MR) is 73.7 cm³/mol. The molecule has 1 aliphatic carbocycles. The van der Waals surface area contributed by atoms with E-state index < -0.39 is 0 Å². The molecule has 1 fully saturated rings. The Balaban J connectivity index is 1.53. The van der Waals surface area contributed by atoms with Gasteiger partial charge in [-0.3, -0.25) is 9.59 Å². The van der Waals surface area contributed by atoms with Crippen LogP contribution in [0.3, 0.4) is 0 Å². The van der Waals surface area contributed by atoms with E-state index in [-0.39, 0.29) is 24.3 Å². The van der Waals surface area contributed by atoms with E-state index in [1.54, 1.807) is 0 Å². The van der Waals surface area contributed by atoms with Crippen molar-refractivity contribution in [1.82, 2.24) is 10.6 Å². The summed E-state index contributed by atoms with van der Waals surface area (Å²) in [5, 5.41) is 8.57. The number of benzene rings is 1. The molecule has 0 unspecified atom stereocenters. The van der Waals surface area contributed by atoms with Crippen molar-refractivity contribution in [2.45, 2.75) is 12.8 Å². The monoisotopic (exact) mass is 261 g/mol. The van der Waals surface area contributed by atoms with Crippen LogP contribution in [0.4, 0.5) is 5.69 Å². The van der Waals surface area contributed by atoms with Crippen molar-refractivity contribution >= 4 is 17.5 Å². The Morgan fingerprint density at radius 1 is 1.05 bits per heavy atom. The average molecular weight is 261 g/mol. The fourth-order valence-electron chi connectivity index (χ4n) is 1.68. The van der Waals surface area contributed by atoms with Crippen LogP contribution in [0, 0.1) is 5.92 Å². The molecule has 3 N–H and O–H groups in total. The van der Waals surface area contributed by atoms with Gasteiger partial charge in [0, 0.05) is 24.7 Å². The Hall–Kier alpha value is -2.04. The molecular formula is C14H19N3O2. The van der Waals surface area contributed by atoms with Crippen molar-refractivity contribution in [3.05, 3.63) is 30.3 Å². The van der Waals surface area contributed by atoms with Crippen molar-refractivity contribution in [2.75, 3.05) is 25.0 Å². The summed E-state index contributed by atoms with van der Waals surface area (Å²) in [7, 11) is 0. The number of carbonyl (C=O) groups is 2. The molecule has 102 valence electrons. The first-order valence-electron chi connectivity index (χ1n) is 6.59. The quantitative estimate of drug-likeness (QED) is 0.634. The lowest BCUT2D eigenvalue weighted by Crippen LogP contribution is -2.37. The number of hydrogen-bond acceptors (Lipinski definition) is 3.